The number of hydrogen-bond donors (Lipinski definition) is 0. The third kappa shape index (κ3) is 2220. The summed E-state index contributed by atoms with van der Waals surface area (Å²) < 4.78 is 92.8. The van der Waals surface area contributed by atoms with Gasteiger partial charge >= 0.3 is 76.5 Å². The standard InChI is InChI=1S/Cr.5FH2O3P.2Na.V/c;5*1-5(2,3)4;;;/h;5*(H2,2,3,4);;;/q+3;;;;;;2*+1;/p-10. The van der Waals surface area contributed by atoms with Crippen molar-refractivity contribution in [1.29, 1.82) is 0 Å². The van der Waals surface area contributed by atoms with Crippen molar-refractivity contribution in [2.24, 2.45) is 0 Å². The van der Waals surface area contributed by atoms with Crippen LogP contribution in [0.3, 0.4) is 0 Å². The molecule has 0 atom stereocenters. The van der Waals surface area contributed by atoms with Crippen molar-refractivity contribution in [2.45, 2.75) is 0 Å². The minimum absolute atomic E-state index is 0. The molecule has 0 rings (SSSR count). The molecule has 0 aromatic rings. The first-order chi connectivity index (χ1) is 10.0. The van der Waals surface area contributed by atoms with E-state index in [2.05, 4.69) is 0 Å². The molecular formula is CrF5Na2O15P5V-5. The van der Waals surface area contributed by atoms with Crippen LogP contribution in [0.4, 0.5) is 21.0 Å². The summed E-state index contributed by atoms with van der Waals surface area (Å²) in [5, 5.41) is 0. The summed E-state index contributed by atoms with van der Waals surface area (Å²) in [4.78, 5) is 84.4. The third-order valence-electron chi connectivity index (χ3n) is 0. The first-order valence-electron chi connectivity index (χ1n) is 3.58. The van der Waals surface area contributed by atoms with E-state index in [1.165, 1.54) is 0 Å². The Labute approximate surface area is 225 Å². The topological polar surface area (TPSA) is 316 Å². The van der Waals surface area contributed by atoms with Crippen molar-refractivity contribution in [2.75, 3.05) is 0 Å². The van der Waals surface area contributed by atoms with Crippen LogP contribution in [0, 0.1) is 0 Å². The molecule has 0 aliphatic heterocycles. The van der Waals surface area contributed by atoms with Gasteiger partial charge in [-0.25, -0.2) is 21.0 Å². The Morgan fingerprint density at radius 1 is 0.379 bits per heavy atom. The zero-order chi connectivity index (χ0) is 22.5. The van der Waals surface area contributed by atoms with Crippen LogP contribution in [-0.4, -0.2) is 0 Å². The van der Waals surface area contributed by atoms with Crippen LogP contribution >= 0.6 is 39.5 Å². The average Bonchev–Trinajstić information content (AvgIpc) is 1.79. The van der Waals surface area contributed by atoms with Gasteiger partial charge in [0.1, 0.15) is 39.5 Å². The molecule has 0 aliphatic rings. The van der Waals surface area contributed by atoms with E-state index in [1.54, 1.807) is 0 Å². The second-order valence-corrected chi connectivity index (χ2v) is 6.46. The molecule has 0 aromatic heterocycles. The van der Waals surface area contributed by atoms with Crippen LogP contribution in [-0.2, 0) is 58.7 Å². The first-order valence-corrected chi connectivity index (χ1v) is 10.8. The van der Waals surface area contributed by atoms with Gasteiger partial charge in [-0.05, 0) is 0 Å². The molecule has 0 spiro atoms. The largest absolute Gasteiger partial charge is 3.00 e. The van der Waals surface area contributed by atoms with Crippen molar-refractivity contribution in [3.8, 4) is 0 Å². The molecule has 29 heavy (non-hydrogen) atoms. The van der Waals surface area contributed by atoms with Crippen molar-refractivity contribution < 1.29 is 188 Å². The Balaban J connectivity index is -0.0000000238. The zero-order valence-corrected chi connectivity index (χ0v) is 24.2. The normalized spacial score (nSPS) is 10.2. The quantitative estimate of drug-likeness (QED) is 0.135. The fourth-order valence-corrected chi connectivity index (χ4v) is 0. The maximum absolute atomic E-state index is 10.1. The second-order valence-electron chi connectivity index (χ2n) is 2.15. The van der Waals surface area contributed by atoms with Gasteiger partial charge in [-0.1, -0.05) is 0 Å². The number of hydrogen-bond acceptors (Lipinski definition) is 15. The van der Waals surface area contributed by atoms with Crippen LogP contribution in [0.5, 0.6) is 0 Å². The smallest absolute Gasteiger partial charge is 0.786 e. The fourth-order valence-electron chi connectivity index (χ4n) is 0. The predicted molar refractivity (Wildman–Crippen MR) is 43.6 cm³/mol. The average molecular weight is 639 g/mol. The van der Waals surface area contributed by atoms with E-state index >= 15 is 0 Å². The zero-order valence-electron chi connectivity index (χ0n) is 13.1. The van der Waals surface area contributed by atoms with Crippen LogP contribution < -0.4 is 108 Å². The number of rotatable bonds is 0. The van der Waals surface area contributed by atoms with Crippen molar-refractivity contribution in [3.63, 3.8) is 0 Å². The monoisotopic (exact) mass is 639 g/mol. The third-order valence-corrected chi connectivity index (χ3v) is 0. The minimum Gasteiger partial charge on any atom is -0.786 e. The predicted octanol–water partition coefficient (Wildman–Crippen LogP) is -12.1. The van der Waals surface area contributed by atoms with E-state index in [-0.39, 0.29) is 95.0 Å². The molecule has 0 saturated heterocycles. The van der Waals surface area contributed by atoms with Crippen molar-refractivity contribution >= 4 is 39.5 Å². The summed E-state index contributed by atoms with van der Waals surface area (Å²) in [5.41, 5.74) is 0. The summed E-state index contributed by atoms with van der Waals surface area (Å²) in [6, 6.07) is 0. The molecule has 0 saturated carbocycles. The molecule has 168 valence electrons. The van der Waals surface area contributed by atoms with Crippen LogP contribution in [0.2, 0.25) is 0 Å². The van der Waals surface area contributed by atoms with Crippen LogP contribution in [0.25, 0.3) is 0 Å². The Hall–Kier alpha value is 3.52. The Kier molecular flexibility index (Phi) is 52.6. The van der Waals surface area contributed by atoms with E-state index in [9.17, 15) is 21.0 Å². The Morgan fingerprint density at radius 3 is 0.379 bits per heavy atom. The van der Waals surface area contributed by atoms with E-state index in [0.717, 1.165) is 0 Å². The Morgan fingerprint density at radius 2 is 0.379 bits per heavy atom. The second kappa shape index (κ2) is 26.1. The summed E-state index contributed by atoms with van der Waals surface area (Å²) >= 11 is 0. The van der Waals surface area contributed by atoms with Gasteiger partial charge in [0.05, 0.1) is 0 Å². The molecular weight excluding hydrogens is 639 g/mol. The van der Waals surface area contributed by atoms with E-state index in [0.29, 0.717) is 0 Å². The molecule has 0 aromatic carbocycles. The molecule has 15 nitrogen and oxygen atoms in total. The van der Waals surface area contributed by atoms with E-state index in [1.807, 2.05) is 0 Å². The fraction of sp³-hybridized carbons (Fsp3) is 0. The summed E-state index contributed by atoms with van der Waals surface area (Å²) in [7, 11) is -28.2. The van der Waals surface area contributed by atoms with Gasteiger partial charge in [0, 0.05) is 18.6 Å². The van der Waals surface area contributed by atoms with Crippen molar-refractivity contribution in [1.82, 2.24) is 0 Å². The molecule has 0 heterocycles. The first kappa shape index (κ1) is 58.4. The maximum Gasteiger partial charge on any atom is 3.00 e. The molecule has 0 N–H and O–H groups in total. The van der Waals surface area contributed by atoms with Gasteiger partial charge in [0.15, 0.2) is 0 Å². The molecule has 0 unspecified atom stereocenters. The summed E-state index contributed by atoms with van der Waals surface area (Å²) in [6.07, 6.45) is 0. The van der Waals surface area contributed by atoms with Crippen LogP contribution in [0.15, 0.2) is 0 Å². The SMILES string of the molecule is O=P([O-])([O-])F.O=P([O-])([O-])F.O=P([O-])([O-])F.O=P([O-])([O-])F.O=P([O-])([O-])F.[Cr+3].[Na+].[Na+].[V]. The molecule has 29 heteroatoms. The molecule has 0 amide bonds. The van der Waals surface area contributed by atoms with Gasteiger partial charge in [0.2, 0.25) is 0 Å². The van der Waals surface area contributed by atoms with E-state index < -0.39 is 39.5 Å². The molecule has 2 radical (unpaired) electrons. The minimum atomic E-state index is -5.64. The van der Waals surface area contributed by atoms with Gasteiger partial charge in [-0.3, -0.25) is 0 Å². The van der Waals surface area contributed by atoms with Gasteiger partial charge in [-0.15, -0.1) is 0 Å². The molecule has 0 aliphatic carbocycles. The summed E-state index contributed by atoms with van der Waals surface area (Å²) in [6.45, 7) is 0. The van der Waals surface area contributed by atoms with E-state index in [4.69, 9.17) is 71.8 Å². The number of halogens is 5. The van der Waals surface area contributed by atoms with Crippen molar-refractivity contribution in [3.05, 3.63) is 0 Å². The summed E-state index contributed by atoms with van der Waals surface area (Å²) in [5.74, 6) is 0. The molecule has 0 bridgehead atoms. The molecule has 0 fully saturated rings. The maximum atomic E-state index is 10.1. The van der Waals surface area contributed by atoms with Gasteiger partial charge in [-0.2, -0.15) is 0 Å². The van der Waals surface area contributed by atoms with Gasteiger partial charge in [0.25, 0.3) is 0 Å². The van der Waals surface area contributed by atoms with Crippen LogP contribution in [0.1, 0.15) is 0 Å². The van der Waals surface area contributed by atoms with Gasteiger partial charge < -0.3 is 71.8 Å². The Bertz CT molecular complexity index is 404.